The molecule has 0 aromatic carbocycles. The Bertz CT molecular complexity index is 444. The minimum Gasteiger partial charge on any atom is -0.476 e. The molecule has 0 saturated carbocycles. The first-order chi connectivity index (χ1) is 8.08. The molecular weight excluding hydrogens is 240 g/mol. The van der Waals surface area contributed by atoms with Crippen LogP contribution in [0.2, 0.25) is 0 Å². The first-order valence-electron chi connectivity index (χ1n) is 5.54. The van der Waals surface area contributed by atoms with Gasteiger partial charge in [0.05, 0.1) is 12.2 Å². The molecule has 1 fully saturated rings. The van der Waals surface area contributed by atoms with E-state index in [1.54, 1.807) is 10.3 Å². The van der Waals surface area contributed by atoms with Crippen molar-refractivity contribution in [1.82, 2.24) is 9.88 Å². The number of hydrogen-bond donors (Lipinski definition) is 1. The minimum absolute atomic E-state index is 0.0707. The fourth-order valence-electron chi connectivity index (χ4n) is 1.96. The van der Waals surface area contributed by atoms with Gasteiger partial charge < -0.3 is 10.0 Å². The molecule has 1 aromatic rings. The number of carboxylic acids is 1. The number of likely N-dealkylation sites (tertiary alicyclic amines) is 1. The van der Waals surface area contributed by atoms with Crippen LogP contribution in [0.4, 0.5) is 0 Å². The third-order valence-corrected chi connectivity index (χ3v) is 3.77. The molecule has 1 amide bonds. The van der Waals surface area contributed by atoms with Crippen molar-refractivity contribution in [3.63, 3.8) is 0 Å². The van der Waals surface area contributed by atoms with Crippen molar-refractivity contribution >= 4 is 23.2 Å². The number of hydrogen-bond acceptors (Lipinski definition) is 4. The van der Waals surface area contributed by atoms with Crippen LogP contribution in [0.25, 0.3) is 0 Å². The Kier molecular flexibility index (Phi) is 3.42. The molecule has 0 radical (unpaired) electrons. The van der Waals surface area contributed by atoms with E-state index in [9.17, 15) is 9.59 Å². The summed E-state index contributed by atoms with van der Waals surface area (Å²) in [4.78, 5) is 28.3. The number of rotatable bonds is 3. The largest absolute Gasteiger partial charge is 0.476 e. The molecular formula is C11H14N2O3S. The van der Waals surface area contributed by atoms with Gasteiger partial charge in [0.1, 0.15) is 0 Å². The molecule has 6 heteroatoms. The number of carboxylic acid groups (broad SMARTS) is 1. The average Bonchev–Trinajstić information content (AvgIpc) is 2.73. The number of nitrogens with zero attached hydrogens (tertiary/aromatic N) is 2. The predicted octanol–water partition coefficient (Wildman–Crippen LogP) is 1.60. The summed E-state index contributed by atoms with van der Waals surface area (Å²) in [6.07, 6.45) is 1.94. The molecule has 5 nitrogen and oxygen atoms in total. The Morgan fingerprint density at radius 1 is 1.71 bits per heavy atom. The lowest BCUT2D eigenvalue weighted by Gasteiger charge is -2.29. The number of carbonyl (C=O) groups excluding carboxylic acids is 1. The molecule has 0 aliphatic carbocycles. The summed E-state index contributed by atoms with van der Waals surface area (Å²) in [5.74, 6) is -0.804. The van der Waals surface area contributed by atoms with E-state index in [1.165, 1.54) is 0 Å². The lowest BCUT2D eigenvalue weighted by Crippen LogP contribution is -2.39. The zero-order valence-corrected chi connectivity index (χ0v) is 10.4. The maximum absolute atomic E-state index is 11.9. The SMILES string of the molecule is CC1CCCN(Cc2csc(C(=O)O)n2)C1=O. The first-order valence-corrected chi connectivity index (χ1v) is 6.42. The zero-order chi connectivity index (χ0) is 12.4. The van der Waals surface area contributed by atoms with Crippen LogP contribution in [0.5, 0.6) is 0 Å². The molecule has 1 aliphatic heterocycles. The van der Waals surface area contributed by atoms with E-state index in [0.717, 1.165) is 30.7 Å². The van der Waals surface area contributed by atoms with E-state index in [4.69, 9.17) is 5.11 Å². The third kappa shape index (κ3) is 2.63. The predicted molar refractivity (Wildman–Crippen MR) is 62.9 cm³/mol. The second-order valence-corrected chi connectivity index (χ2v) is 5.11. The van der Waals surface area contributed by atoms with Crippen LogP contribution in [0.15, 0.2) is 5.38 Å². The number of aromatic nitrogens is 1. The highest BCUT2D eigenvalue weighted by molar-refractivity contribution is 7.11. The van der Waals surface area contributed by atoms with Crippen LogP contribution in [0.3, 0.4) is 0 Å². The summed E-state index contributed by atoms with van der Waals surface area (Å²) in [5, 5.41) is 10.6. The van der Waals surface area contributed by atoms with E-state index in [2.05, 4.69) is 4.98 Å². The fourth-order valence-corrected chi connectivity index (χ4v) is 2.61. The highest BCUT2D eigenvalue weighted by atomic mass is 32.1. The molecule has 0 spiro atoms. The highest BCUT2D eigenvalue weighted by Gasteiger charge is 2.25. The van der Waals surface area contributed by atoms with Crippen LogP contribution in [0.1, 0.15) is 35.3 Å². The van der Waals surface area contributed by atoms with E-state index in [-0.39, 0.29) is 16.8 Å². The Morgan fingerprint density at radius 3 is 3.12 bits per heavy atom. The van der Waals surface area contributed by atoms with Crippen molar-refractivity contribution in [2.45, 2.75) is 26.3 Å². The van der Waals surface area contributed by atoms with Gasteiger partial charge in [0.2, 0.25) is 10.9 Å². The van der Waals surface area contributed by atoms with Crippen molar-refractivity contribution < 1.29 is 14.7 Å². The van der Waals surface area contributed by atoms with Crippen molar-refractivity contribution in [2.24, 2.45) is 5.92 Å². The number of piperidine rings is 1. The quantitative estimate of drug-likeness (QED) is 0.889. The van der Waals surface area contributed by atoms with Gasteiger partial charge in [-0.15, -0.1) is 11.3 Å². The van der Waals surface area contributed by atoms with Gasteiger partial charge in [0.15, 0.2) is 0 Å². The maximum Gasteiger partial charge on any atom is 0.365 e. The number of carbonyl (C=O) groups is 2. The van der Waals surface area contributed by atoms with Crippen LogP contribution >= 0.6 is 11.3 Å². The molecule has 2 rings (SSSR count). The van der Waals surface area contributed by atoms with E-state index in [0.29, 0.717) is 12.2 Å². The fraction of sp³-hybridized carbons (Fsp3) is 0.545. The second-order valence-electron chi connectivity index (χ2n) is 4.25. The average molecular weight is 254 g/mol. The number of thiazole rings is 1. The van der Waals surface area contributed by atoms with Gasteiger partial charge in [-0.3, -0.25) is 4.79 Å². The van der Waals surface area contributed by atoms with Crippen LogP contribution in [0, 0.1) is 5.92 Å². The van der Waals surface area contributed by atoms with E-state index < -0.39 is 5.97 Å². The van der Waals surface area contributed by atoms with Gasteiger partial charge in [0.25, 0.3) is 0 Å². The van der Waals surface area contributed by atoms with Crippen LogP contribution < -0.4 is 0 Å². The molecule has 1 aliphatic rings. The normalized spacial score (nSPS) is 20.6. The van der Waals surface area contributed by atoms with Gasteiger partial charge in [-0.05, 0) is 12.8 Å². The zero-order valence-electron chi connectivity index (χ0n) is 9.55. The first kappa shape index (κ1) is 12.0. The summed E-state index contributed by atoms with van der Waals surface area (Å²) in [6, 6.07) is 0. The molecule has 92 valence electrons. The molecule has 1 N–H and O–H groups in total. The summed E-state index contributed by atoms with van der Waals surface area (Å²) in [6.45, 7) is 3.09. The molecule has 1 saturated heterocycles. The van der Waals surface area contributed by atoms with Crippen molar-refractivity contribution in [3.8, 4) is 0 Å². The van der Waals surface area contributed by atoms with E-state index in [1.807, 2.05) is 6.92 Å². The molecule has 1 atom stereocenters. The van der Waals surface area contributed by atoms with Crippen molar-refractivity contribution in [2.75, 3.05) is 6.54 Å². The maximum atomic E-state index is 11.9. The Balaban J connectivity index is 2.04. The monoisotopic (exact) mass is 254 g/mol. The second kappa shape index (κ2) is 4.83. The molecule has 1 aromatic heterocycles. The molecule has 17 heavy (non-hydrogen) atoms. The molecule has 0 bridgehead atoms. The standard InChI is InChI=1S/C11H14N2O3S/c1-7-3-2-4-13(10(7)14)5-8-6-17-9(12-8)11(15)16/h6-7H,2-5H2,1H3,(H,15,16). The third-order valence-electron chi connectivity index (χ3n) is 2.89. The Hall–Kier alpha value is -1.43. The van der Waals surface area contributed by atoms with Crippen LogP contribution in [-0.2, 0) is 11.3 Å². The van der Waals surface area contributed by atoms with Gasteiger partial charge >= 0.3 is 5.97 Å². The number of aromatic carboxylic acids is 1. The lowest BCUT2D eigenvalue weighted by atomic mass is 9.99. The smallest absolute Gasteiger partial charge is 0.365 e. The van der Waals surface area contributed by atoms with Gasteiger partial charge in [-0.1, -0.05) is 6.92 Å². The molecule has 1 unspecified atom stereocenters. The summed E-state index contributed by atoms with van der Waals surface area (Å²) >= 11 is 1.10. The Labute approximate surface area is 103 Å². The van der Waals surface area contributed by atoms with Gasteiger partial charge in [-0.25, -0.2) is 9.78 Å². The Morgan fingerprint density at radius 2 is 2.47 bits per heavy atom. The topological polar surface area (TPSA) is 70.5 Å². The van der Waals surface area contributed by atoms with E-state index >= 15 is 0 Å². The number of amides is 1. The summed E-state index contributed by atoms with van der Waals surface area (Å²) < 4.78 is 0. The molecule has 2 heterocycles. The van der Waals surface area contributed by atoms with Crippen LogP contribution in [-0.4, -0.2) is 33.4 Å². The van der Waals surface area contributed by atoms with Crippen molar-refractivity contribution in [3.05, 3.63) is 16.1 Å². The summed E-state index contributed by atoms with van der Waals surface area (Å²) in [5.41, 5.74) is 0.662. The summed E-state index contributed by atoms with van der Waals surface area (Å²) in [7, 11) is 0. The lowest BCUT2D eigenvalue weighted by molar-refractivity contribution is -0.138. The highest BCUT2D eigenvalue weighted by Crippen LogP contribution is 2.20. The minimum atomic E-state index is -1.01. The van der Waals surface area contributed by atoms with Gasteiger partial charge in [0, 0.05) is 17.8 Å². The van der Waals surface area contributed by atoms with Gasteiger partial charge in [-0.2, -0.15) is 0 Å². The van der Waals surface area contributed by atoms with Crippen molar-refractivity contribution in [1.29, 1.82) is 0 Å².